The van der Waals surface area contributed by atoms with E-state index in [0.717, 1.165) is 12.5 Å². The number of hydrogen-bond donors (Lipinski definition) is 0. The first-order chi connectivity index (χ1) is 6.29. The van der Waals surface area contributed by atoms with Gasteiger partial charge in [-0.15, -0.1) is 0 Å². The van der Waals surface area contributed by atoms with Crippen LogP contribution in [0.5, 0.6) is 0 Å². The maximum Gasteiger partial charge on any atom is 0.0518 e. The fourth-order valence-corrected chi connectivity index (χ4v) is 2.17. The summed E-state index contributed by atoms with van der Waals surface area (Å²) in [5.41, 5.74) is 0. The molecular weight excluding hydrogens is 160 g/mol. The zero-order chi connectivity index (χ0) is 9.52. The Bertz CT molecular complexity index is 114. The number of ether oxygens (including phenoxy) is 1. The first-order valence-corrected chi connectivity index (χ1v) is 5.90. The van der Waals surface area contributed by atoms with Crippen LogP contribution in [0.1, 0.15) is 58.8 Å². The van der Waals surface area contributed by atoms with Gasteiger partial charge in [-0.1, -0.05) is 32.1 Å². The number of rotatable bonds is 5. The van der Waals surface area contributed by atoms with E-state index >= 15 is 0 Å². The second-order valence-electron chi connectivity index (χ2n) is 4.57. The average Bonchev–Trinajstić information content (AvgIpc) is 2.14. The highest BCUT2D eigenvalue weighted by Gasteiger charge is 2.12. The lowest BCUT2D eigenvalue weighted by Gasteiger charge is -2.21. The van der Waals surface area contributed by atoms with E-state index in [2.05, 4.69) is 13.8 Å². The molecule has 0 atom stereocenters. The van der Waals surface area contributed by atoms with Crippen LogP contribution < -0.4 is 0 Å². The molecule has 0 bridgehead atoms. The van der Waals surface area contributed by atoms with Gasteiger partial charge in [0.2, 0.25) is 0 Å². The summed E-state index contributed by atoms with van der Waals surface area (Å²) in [5, 5.41) is 0. The van der Waals surface area contributed by atoms with E-state index in [0.29, 0.717) is 6.10 Å². The van der Waals surface area contributed by atoms with Crippen molar-refractivity contribution in [3.63, 3.8) is 0 Å². The van der Waals surface area contributed by atoms with Crippen LogP contribution in [0, 0.1) is 5.92 Å². The SMILES string of the molecule is CC(C)OCCCC1CCCCC1. The molecule has 1 saturated carbocycles. The smallest absolute Gasteiger partial charge is 0.0518 e. The lowest BCUT2D eigenvalue weighted by atomic mass is 9.86. The van der Waals surface area contributed by atoms with Crippen LogP contribution in [0.4, 0.5) is 0 Å². The molecule has 0 spiro atoms. The Morgan fingerprint density at radius 2 is 1.85 bits per heavy atom. The Labute approximate surface area is 82.9 Å². The van der Waals surface area contributed by atoms with E-state index in [9.17, 15) is 0 Å². The minimum absolute atomic E-state index is 0.409. The maximum absolute atomic E-state index is 5.53. The van der Waals surface area contributed by atoms with Gasteiger partial charge in [-0.2, -0.15) is 0 Å². The van der Waals surface area contributed by atoms with Gasteiger partial charge in [-0.25, -0.2) is 0 Å². The van der Waals surface area contributed by atoms with Crippen molar-refractivity contribution in [2.45, 2.75) is 64.9 Å². The van der Waals surface area contributed by atoms with Crippen LogP contribution >= 0.6 is 0 Å². The van der Waals surface area contributed by atoms with Gasteiger partial charge in [-0.05, 0) is 32.6 Å². The highest BCUT2D eigenvalue weighted by Crippen LogP contribution is 2.27. The van der Waals surface area contributed by atoms with Crippen molar-refractivity contribution < 1.29 is 4.74 Å². The quantitative estimate of drug-likeness (QED) is 0.591. The van der Waals surface area contributed by atoms with Crippen molar-refractivity contribution in [3.8, 4) is 0 Å². The third-order valence-electron chi connectivity index (χ3n) is 2.93. The average molecular weight is 184 g/mol. The van der Waals surface area contributed by atoms with Crippen LogP contribution in [0.3, 0.4) is 0 Å². The Morgan fingerprint density at radius 1 is 1.15 bits per heavy atom. The third-order valence-corrected chi connectivity index (χ3v) is 2.93. The minimum atomic E-state index is 0.409. The normalized spacial score (nSPS) is 19.6. The van der Waals surface area contributed by atoms with Crippen molar-refractivity contribution >= 4 is 0 Å². The molecule has 1 aliphatic rings. The van der Waals surface area contributed by atoms with Gasteiger partial charge >= 0.3 is 0 Å². The van der Waals surface area contributed by atoms with Crippen LogP contribution in [-0.4, -0.2) is 12.7 Å². The lowest BCUT2D eigenvalue weighted by molar-refractivity contribution is 0.0724. The third kappa shape index (κ3) is 5.30. The van der Waals surface area contributed by atoms with E-state index in [1.54, 1.807) is 0 Å². The second-order valence-corrected chi connectivity index (χ2v) is 4.57. The van der Waals surface area contributed by atoms with Crippen LogP contribution in [0.2, 0.25) is 0 Å². The van der Waals surface area contributed by atoms with Crippen molar-refractivity contribution in [3.05, 3.63) is 0 Å². The molecule has 1 rings (SSSR count). The zero-order valence-corrected chi connectivity index (χ0v) is 9.22. The van der Waals surface area contributed by atoms with Crippen molar-refractivity contribution in [1.29, 1.82) is 0 Å². The predicted molar refractivity (Wildman–Crippen MR) is 56.9 cm³/mol. The molecule has 1 aliphatic carbocycles. The molecule has 0 N–H and O–H groups in total. The Morgan fingerprint density at radius 3 is 2.46 bits per heavy atom. The minimum Gasteiger partial charge on any atom is -0.379 e. The summed E-state index contributed by atoms with van der Waals surface area (Å²) in [6.07, 6.45) is 10.4. The molecule has 0 aromatic carbocycles. The summed E-state index contributed by atoms with van der Waals surface area (Å²) >= 11 is 0. The highest BCUT2D eigenvalue weighted by atomic mass is 16.5. The van der Waals surface area contributed by atoms with Gasteiger partial charge in [0.25, 0.3) is 0 Å². The Kier molecular flexibility index (Phi) is 5.45. The molecule has 13 heavy (non-hydrogen) atoms. The molecule has 0 unspecified atom stereocenters. The molecule has 1 heteroatoms. The van der Waals surface area contributed by atoms with Gasteiger partial charge in [-0.3, -0.25) is 0 Å². The molecule has 0 amide bonds. The van der Waals surface area contributed by atoms with E-state index in [-0.39, 0.29) is 0 Å². The largest absolute Gasteiger partial charge is 0.379 e. The molecule has 1 nitrogen and oxygen atoms in total. The molecular formula is C12H24O. The van der Waals surface area contributed by atoms with Gasteiger partial charge in [0.05, 0.1) is 6.10 Å². The first kappa shape index (κ1) is 11.0. The fraction of sp³-hybridized carbons (Fsp3) is 1.00. The molecule has 0 aliphatic heterocycles. The summed E-state index contributed by atoms with van der Waals surface area (Å²) in [5.74, 6) is 1.02. The first-order valence-electron chi connectivity index (χ1n) is 5.90. The van der Waals surface area contributed by atoms with Crippen LogP contribution in [-0.2, 0) is 4.74 Å². The molecule has 0 saturated heterocycles. The fourth-order valence-electron chi connectivity index (χ4n) is 2.17. The summed E-state index contributed by atoms with van der Waals surface area (Å²) in [6.45, 7) is 5.19. The van der Waals surface area contributed by atoms with Gasteiger partial charge < -0.3 is 4.74 Å². The summed E-state index contributed by atoms with van der Waals surface area (Å²) in [6, 6.07) is 0. The highest BCUT2D eigenvalue weighted by molar-refractivity contribution is 4.65. The second kappa shape index (κ2) is 6.42. The van der Waals surface area contributed by atoms with Crippen molar-refractivity contribution in [1.82, 2.24) is 0 Å². The standard InChI is InChI=1S/C12H24O/c1-11(2)13-10-6-9-12-7-4-3-5-8-12/h11-12H,3-10H2,1-2H3. The van der Waals surface area contributed by atoms with Gasteiger partial charge in [0.1, 0.15) is 0 Å². The summed E-state index contributed by atoms with van der Waals surface area (Å²) in [4.78, 5) is 0. The van der Waals surface area contributed by atoms with E-state index < -0.39 is 0 Å². The maximum atomic E-state index is 5.53. The number of hydrogen-bond acceptors (Lipinski definition) is 1. The topological polar surface area (TPSA) is 9.23 Å². The van der Waals surface area contributed by atoms with Crippen molar-refractivity contribution in [2.75, 3.05) is 6.61 Å². The molecule has 0 aromatic heterocycles. The Hall–Kier alpha value is -0.0400. The summed E-state index contributed by atoms with van der Waals surface area (Å²) < 4.78 is 5.53. The Balaban J connectivity index is 1.92. The molecule has 78 valence electrons. The van der Waals surface area contributed by atoms with E-state index in [1.807, 2.05) is 0 Å². The monoisotopic (exact) mass is 184 g/mol. The van der Waals surface area contributed by atoms with Crippen molar-refractivity contribution in [2.24, 2.45) is 5.92 Å². The molecule has 1 fully saturated rings. The molecule has 0 heterocycles. The van der Waals surface area contributed by atoms with Gasteiger partial charge in [0.15, 0.2) is 0 Å². The van der Waals surface area contributed by atoms with E-state index in [1.165, 1.54) is 44.9 Å². The van der Waals surface area contributed by atoms with Crippen LogP contribution in [0.25, 0.3) is 0 Å². The molecule has 0 aromatic rings. The summed E-state index contributed by atoms with van der Waals surface area (Å²) in [7, 11) is 0. The predicted octanol–water partition coefficient (Wildman–Crippen LogP) is 3.77. The zero-order valence-electron chi connectivity index (χ0n) is 9.22. The lowest BCUT2D eigenvalue weighted by Crippen LogP contribution is -2.09. The molecule has 0 radical (unpaired) electrons. The van der Waals surface area contributed by atoms with Gasteiger partial charge in [0, 0.05) is 6.61 Å². The van der Waals surface area contributed by atoms with E-state index in [4.69, 9.17) is 4.74 Å². The van der Waals surface area contributed by atoms with Crippen LogP contribution in [0.15, 0.2) is 0 Å².